The van der Waals surface area contributed by atoms with Crippen LogP contribution >= 0.6 is 0 Å². The van der Waals surface area contributed by atoms with Crippen molar-refractivity contribution in [1.82, 2.24) is 0 Å². The van der Waals surface area contributed by atoms with Crippen molar-refractivity contribution >= 4 is 0 Å². The maximum absolute atomic E-state index is 6.00. The molecule has 0 spiro atoms. The van der Waals surface area contributed by atoms with Gasteiger partial charge < -0.3 is 14.2 Å². The highest BCUT2D eigenvalue weighted by Crippen LogP contribution is 2.34. The Morgan fingerprint density at radius 3 is 2.28 bits per heavy atom. The zero-order valence-corrected chi connectivity index (χ0v) is 13.0. The first-order valence-corrected chi connectivity index (χ1v) is 6.98. The van der Waals surface area contributed by atoms with Crippen LogP contribution in [0.5, 0.6) is 0 Å². The van der Waals surface area contributed by atoms with Crippen LogP contribution in [0.3, 0.4) is 0 Å². The van der Waals surface area contributed by atoms with E-state index in [2.05, 4.69) is 34.6 Å². The molecule has 5 unspecified atom stereocenters. The highest BCUT2D eigenvalue weighted by atomic mass is 16.5. The highest BCUT2D eigenvalue weighted by Gasteiger charge is 2.38. The largest absolute Gasteiger partial charge is 0.381 e. The van der Waals surface area contributed by atoms with Crippen LogP contribution in [0.1, 0.15) is 41.0 Å². The number of hydrogen-bond donors (Lipinski definition) is 0. The van der Waals surface area contributed by atoms with Crippen LogP contribution in [0, 0.1) is 17.3 Å². The molecule has 1 rings (SSSR count). The number of hydrogen-bond acceptors (Lipinski definition) is 3. The van der Waals surface area contributed by atoms with E-state index >= 15 is 0 Å². The Hall–Kier alpha value is -0.120. The summed E-state index contributed by atoms with van der Waals surface area (Å²) in [5.74, 6) is 0.885. The minimum Gasteiger partial charge on any atom is -0.381 e. The van der Waals surface area contributed by atoms with E-state index in [9.17, 15) is 0 Å². The van der Waals surface area contributed by atoms with Crippen molar-refractivity contribution in [3.63, 3.8) is 0 Å². The molecule has 3 nitrogen and oxygen atoms in total. The maximum Gasteiger partial charge on any atom is 0.0669 e. The van der Waals surface area contributed by atoms with Crippen LogP contribution in [0.15, 0.2) is 0 Å². The maximum atomic E-state index is 6.00. The smallest absolute Gasteiger partial charge is 0.0669 e. The second-order valence-electron chi connectivity index (χ2n) is 6.73. The van der Waals surface area contributed by atoms with E-state index in [1.165, 1.54) is 0 Å². The second kappa shape index (κ2) is 6.36. The fourth-order valence-corrected chi connectivity index (χ4v) is 3.00. The second-order valence-corrected chi connectivity index (χ2v) is 6.73. The molecule has 1 fully saturated rings. The molecule has 1 aliphatic heterocycles. The van der Waals surface area contributed by atoms with Gasteiger partial charge in [0.1, 0.15) is 0 Å². The van der Waals surface area contributed by atoms with E-state index in [-0.39, 0.29) is 17.6 Å². The topological polar surface area (TPSA) is 27.7 Å². The summed E-state index contributed by atoms with van der Waals surface area (Å²) in [6.45, 7) is 11.8. The Labute approximate surface area is 112 Å². The minimum atomic E-state index is 0.142. The van der Waals surface area contributed by atoms with Gasteiger partial charge in [0.2, 0.25) is 0 Å². The van der Waals surface area contributed by atoms with Crippen LogP contribution in [0.25, 0.3) is 0 Å². The molecular weight excluding hydrogens is 228 g/mol. The molecule has 1 saturated heterocycles. The van der Waals surface area contributed by atoms with Crippen molar-refractivity contribution in [2.24, 2.45) is 17.3 Å². The lowest BCUT2D eigenvalue weighted by Crippen LogP contribution is -2.47. The molecule has 3 heteroatoms. The fourth-order valence-electron chi connectivity index (χ4n) is 3.00. The lowest BCUT2D eigenvalue weighted by Gasteiger charge is -2.42. The van der Waals surface area contributed by atoms with E-state index in [1.54, 1.807) is 14.2 Å². The molecule has 0 aromatic heterocycles. The normalized spacial score (nSPS) is 35.5. The molecule has 0 aromatic carbocycles. The van der Waals surface area contributed by atoms with Crippen molar-refractivity contribution in [3.05, 3.63) is 0 Å². The molecular formula is C15H30O3. The summed E-state index contributed by atoms with van der Waals surface area (Å²) in [7, 11) is 3.59. The third-order valence-electron chi connectivity index (χ3n) is 4.21. The van der Waals surface area contributed by atoms with Crippen molar-refractivity contribution in [1.29, 1.82) is 0 Å². The molecule has 1 aliphatic rings. The number of ether oxygens (including phenoxy) is 3. The summed E-state index contributed by atoms with van der Waals surface area (Å²) in [6.07, 6.45) is 1.68. The lowest BCUT2D eigenvalue weighted by molar-refractivity contribution is -0.148. The van der Waals surface area contributed by atoms with Crippen LogP contribution < -0.4 is 0 Å². The average Bonchev–Trinajstić information content (AvgIpc) is 2.27. The molecule has 0 aromatic rings. The van der Waals surface area contributed by atoms with Crippen molar-refractivity contribution in [2.45, 2.75) is 59.4 Å². The van der Waals surface area contributed by atoms with E-state index in [0.29, 0.717) is 17.9 Å². The molecule has 5 atom stereocenters. The van der Waals surface area contributed by atoms with Crippen molar-refractivity contribution < 1.29 is 14.2 Å². The number of rotatable bonds is 4. The Bertz CT molecular complexity index is 247. The molecule has 0 amide bonds. The van der Waals surface area contributed by atoms with Gasteiger partial charge in [-0.1, -0.05) is 34.6 Å². The van der Waals surface area contributed by atoms with Crippen molar-refractivity contribution in [3.8, 4) is 0 Å². The van der Waals surface area contributed by atoms with E-state index in [4.69, 9.17) is 14.2 Å². The van der Waals surface area contributed by atoms with Crippen LogP contribution in [0.2, 0.25) is 0 Å². The van der Waals surface area contributed by atoms with Gasteiger partial charge in [-0.15, -0.1) is 0 Å². The SMILES string of the molecule is COC1C(C)COC(CC(OC)C(C)(C)C)C1C. The summed E-state index contributed by atoms with van der Waals surface area (Å²) < 4.78 is 17.3. The fraction of sp³-hybridized carbons (Fsp3) is 1.00. The van der Waals surface area contributed by atoms with Crippen LogP contribution in [-0.4, -0.2) is 39.1 Å². The first-order chi connectivity index (χ1) is 8.31. The van der Waals surface area contributed by atoms with Crippen LogP contribution in [0.4, 0.5) is 0 Å². The van der Waals surface area contributed by atoms with E-state index in [0.717, 1.165) is 13.0 Å². The van der Waals surface area contributed by atoms with Gasteiger partial charge >= 0.3 is 0 Å². The molecule has 108 valence electrons. The third-order valence-corrected chi connectivity index (χ3v) is 4.21. The molecule has 0 bridgehead atoms. The average molecular weight is 258 g/mol. The first kappa shape index (κ1) is 15.9. The lowest BCUT2D eigenvalue weighted by atomic mass is 9.79. The minimum absolute atomic E-state index is 0.142. The third kappa shape index (κ3) is 3.69. The quantitative estimate of drug-likeness (QED) is 0.775. The zero-order valence-electron chi connectivity index (χ0n) is 13.0. The zero-order chi connectivity index (χ0) is 13.9. The standard InChI is InChI=1S/C15H30O3/c1-10-9-18-12(11(2)14(10)17-7)8-13(16-6)15(3,4)5/h10-14H,8-9H2,1-7H3. The summed E-state index contributed by atoms with van der Waals surface area (Å²) in [4.78, 5) is 0. The van der Waals surface area contributed by atoms with Gasteiger partial charge in [0.05, 0.1) is 24.9 Å². The highest BCUT2D eigenvalue weighted by molar-refractivity contribution is 4.87. The molecule has 0 N–H and O–H groups in total. The summed E-state index contributed by atoms with van der Waals surface area (Å²) in [5, 5.41) is 0. The predicted molar refractivity (Wildman–Crippen MR) is 73.7 cm³/mol. The first-order valence-electron chi connectivity index (χ1n) is 6.98. The van der Waals surface area contributed by atoms with E-state index < -0.39 is 0 Å². The van der Waals surface area contributed by atoms with Gasteiger partial charge in [0, 0.05) is 32.5 Å². The monoisotopic (exact) mass is 258 g/mol. The van der Waals surface area contributed by atoms with Gasteiger partial charge in [-0.25, -0.2) is 0 Å². The Morgan fingerprint density at radius 1 is 1.22 bits per heavy atom. The Morgan fingerprint density at radius 2 is 1.83 bits per heavy atom. The Kier molecular flexibility index (Phi) is 5.63. The summed E-state index contributed by atoms with van der Waals surface area (Å²) in [6, 6.07) is 0. The van der Waals surface area contributed by atoms with Gasteiger partial charge in [-0.05, 0) is 5.41 Å². The molecule has 0 radical (unpaired) electrons. The molecule has 0 saturated carbocycles. The van der Waals surface area contributed by atoms with Gasteiger partial charge in [0.25, 0.3) is 0 Å². The van der Waals surface area contributed by atoms with Crippen LogP contribution in [-0.2, 0) is 14.2 Å². The van der Waals surface area contributed by atoms with Gasteiger partial charge in [0.15, 0.2) is 0 Å². The Balaban J connectivity index is 2.66. The molecule has 18 heavy (non-hydrogen) atoms. The number of methoxy groups -OCH3 is 2. The van der Waals surface area contributed by atoms with E-state index in [1.807, 2.05) is 0 Å². The summed E-state index contributed by atoms with van der Waals surface area (Å²) in [5.41, 5.74) is 0.142. The van der Waals surface area contributed by atoms with Gasteiger partial charge in [-0.2, -0.15) is 0 Å². The molecule has 0 aliphatic carbocycles. The predicted octanol–water partition coefficient (Wildman–Crippen LogP) is 3.12. The van der Waals surface area contributed by atoms with Gasteiger partial charge in [-0.3, -0.25) is 0 Å². The summed E-state index contributed by atoms with van der Waals surface area (Å²) >= 11 is 0. The molecule has 1 heterocycles. The van der Waals surface area contributed by atoms with Crippen molar-refractivity contribution in [2.75, 3.05) is 20.8 Å².